The van der Waals surface area contributed by atoms with E-state index < -0.39 is 0 Å². The summed E-state index contributed by atoms with van der Waals surface area (Å²) in [6.07, 6.45) is 18.8. The summed E-state index contributed by atoms with van der Waals surface area (Å²) in [4.78, 5) is 23.1. The number of carbonyl (C=O) groups is 2. The van der Waals surface area contributed by atoms with E-state index in [9.17, 15) is 9.59 Å². The van der Waals surface area contributed by atoms with E-state index >= 15 is 0 Å². The van der Waals surface area contributed by atoms with Crippen molar-refractivity contribution in [2.24, 2.45) is 11.8 Å². The van der Waals surface area contributed by atoms with Crippen LogP contribution in [0.1, 0.15) is 110 Å². The van der Waals surface area contributed by atoms with Crippen LogP contribution >= 0.6 is 0 Å². The smallest absolute Gasteiger partial charge is 0.230 e. The van der Waals surface area contributed by atoms with Crippen molar-refractivity contribution in [3.05, 3.63) is 0 Å². The number of amides is 2. The molecule has 3 nitrogen and oxygen atoms in total. The highest BCUT2D eigenvalue weighted by Crippen LogP contribution is 2.28. The minimum absolute atomic E-state index is 0.0363. The molecule has 1 fully saturated rings. The zero-order chi connectivity index (χ0) is 17.6. The van der Waals surface area contributed by atoms with Gasteiger partial charge in [-0.1, -0.05) is 97.3 Å². The quantitative estimate of drug-likeness (QED) is 0.305. The van der Waals surface area contributed by atoms with Crippen LogP contribution in [0.3, 0.4) is 0 Å². The number of unbranched alkanes of at least 4 members (excludes halogenated alkanes) is 11. The molecule has 2 atom stereocenters. The highest BCUT2D eigenvalue weighted by molar-refractivity contribution is 6.03. The summed E-state index contributed by atoms with van der Waals surface area (Å²) in [6.45, 7) is 4.41. The van der Waals surface area contributed by atoms with Crippen LogP contribution in [-0.4, -0.2) is 11.8 Å². The number of carbonyl (C=O) groups excluding carboxylic acids is 2. The maximum absolute atomic E-state index is 11.8. The molecular weight excluding hydrogens is 298 g/mol. The molecule has 1 aliphatic heterocycles. The molecule has 2 unspecified atom stereocenters. The third-order valence-corrected chi connectivity index (χ3v) is 5.53. The maximum Gasteiger partial charge on any atom is 0.230 e. The Labute approximate surface area is 149 Å². The second kappa shape index (κ2) is 13.4. The van der Waals surface area contributed by atoms with Crippen molar-refractivity contribution in [2.45, 2.75) is 110 Å². The first-order valence-corrected chi connectivity index (χ1v) is 10.5. The van der Waals surface area contributed by atoms with Gasteiger partial charge in [0.25, 0.3) is 0 Å². The zero-order valence-electron chi connectivity index (χ0n) is 16.1. The van der Waals surface area contributed by atoms with Crippen molar-refractivity contribution >= 4 is 11.8 Å². The van der Waals surface area contributed by atoms with Gasteiger partial charge in [-0.25, -0.2) is 0 Å². The van der Waals surface area contributed by atoms with E-state index in [1.54, 1.807) is 0 Å². The Morgan fingerprint density at radius 2 is 1.33 bits per heavy atom. The second-order valence-electron chi connectivity index (χ2n) is 7.57. The van der Waals surface area contributed by atoms with Crippen LogP contribution in [-0.2, 0) is 9.59 Å². The fourth-order valence-electron chi connectivity index (χ4n) is 3.89. The van der Waals surface area contributed by atoms with Gasteiger partial charge in [0.05, 0.1) is 0 Å². The van der Waals surface area contributed by atoms with Gasteiger partial charge in [-0.2, -0.15) is 0 Å². The molecule has 0 aliphatic carbocycles. The van der Waals surface area contributed by atoms with Gasteiger partial charge >= 0.3 is 0 Å². The van der Waals surface area contributed by atoms with Crippen LogP contribution in [0, 0.1) is 11.8 Å². The van der Waals surface area contributed by atoms with E-state index in [1.165, 1.54) is 77.0 Å². The predicted octanol–water partition coefficient (Wildman–Crippen LogP) is 5.77. The summed E-state index contributed by atoms with van der Waals surface area (Å²) >= 11 is 0. The van der Waals surface area contributed by atoms with Gasteiger partial charge in [-0.05, 0) is 12.3 Å². The Balaban J connectivity index is 1.94. The molecule has 1 rings (SSSR count). The van der Waals surface area contributed by atoms with E-state index in [1.807, 2.05) is 0 Å². The van der Waals surface area contributed by atoms with Crippen LogP contribution in [0.5, 0.6) is 0 Å². The Morgan fingerprint density at radius 1 is 0.833 bits per heavy atom. The number of imide groups is 1. The summed E-state index contributed by atoms with van der Waals surface area (Å²) in [5.74, 6) is 0.207. The highest BCUT2D eigenvalue weighted by Gasteiger charge is 2.35. The fourth-order valence-corrected chi connectivity index (χ4v) is 3.89. The van der Waals surface area contributed by atoms with E-state index in [-0.39, 0.29) is 17.7 Å². The van der Waals surface area contributed by atoms with Gasteiger partial charge in [0.15, 0.2) is 0 Å². The molecule has 0 radical (unpaired) electrons. The molecule has 1 N–H and O–H groups in total. The Hall–Kier alpha value is -0.860. The lowest BCUT2D eigenvalue weighted by molar-refractivity contribution is -0.126. The van der Waals surface area contributed by atoms with Crippen LogP contribution in [0.4, 0.5) is 0 Å². The van der Waals surface area contributed by atoms with E-state index in [0.717, 1.165) is 12.8 Å². The molecule has 2 amide bonds. The minimum Gasteiger partial charge on any atom is -0.296 e. The third kappa shape index (κ3) is 8.84. The molecule has 0 aromatic heterocycles. The number of rotatable bonds is 15. The second-order valence-corrected chi connectivity index (χ2v) is 7.57. The van der Waals surface area contributed by atoms with Crippen molar-refractivity contribution in [3.63, 3.8) is 0 Å². The lowest BCUT2D eigenvalue weighted by Gasteiger charge is -2.19. The predicted molar refractivity (Wildman–Crippen MR) is 101 cm³/mol. The molecule has 0 aromatic carbocycles. The lowest BCUT2D eigenvalue weighted by Crippen LogP contribution is -2.26. The normalized spacial score (nSPS) is 18.8. The Kier molecular flexibility index (Phi) is 11.9. The first-order chi connectivity index (χ1) is 11.7. The lowest BCUT2D eigenvalue weighted by atomic mass is 9.84. The van der Waals surface area contributed by atoms with E-state index in [0.29, 0.717) is 12.3 Å². The molecule has 0 spiro atoms. The average molecular weight is 338 g/mol. The molecule has 1 saturated heterocycles. The summed E-state index contributed by atoms with van der Waals surface area (Å²) < 4.78 is 0. The molecule has 140 valence electrons. The van der Waals surface area contributed by atoms with E-state index in [4.69, 9.17) is 0 Å². The maximum atomic E-state index is 11.8. The molecule has 3 heteroatoms. The molecule has 24 heavy (non-hydrogen) atoms. The van der Waals surface area contributed by atoms with Gasteiger partial charge in [-0.3, -0.25) is 14.9 Å². The summed E-state index contributed by atoms with van der Waals surface area (Å²) in [5, 5.41) is 2.45. The SMILES string of the molecule is CCCCCCCCCCCCCCC(CC)C1CC(=O)NC1=O. The number of hydrogen-bond acceptors (Lipinski definition) is 2. The minimum atomic E-state index is -0.0851. The fraction of sp³-hybridized carbons (Fsp3) is 0.905. The molecule has 1 heterocycles. The van der Waals surface area contributed by atoms with Crippen LogP contribution in [0.15, 0.2) is 0 Å². The van der Waals surface area contributed by atoms with Gasteiger partial charge < -0.3 is 0 Å². The average Bonchev–Trinajstić information content (AvgIpc) is 2.90. The topological polar surface area (TPSA) is 46.2 Å². The Bertz CT molecular complexity index is 354. The summed E-state index contributed by atoms with van der Waals surface area (Å²) in [6, 6.07) is 0. The zero-order valence-corrected chi connectivity index (χ0v) is 16.1. The Morgan fingerprint density at radius 3 is 1.75 bits per heavy atom. The first kappa shape index (κ1) is 21.2. The highest BCUT2D eigenvalue weighted by atomic mass is 16.2. The van der Waals surface area contributed by atoms with Gasteiger partial charge in [0.1, 0.15) is 0 Å². The van der Waals surface area contributed by atoms with Gasteiger partial charge in [0.2, 0.25) is 11.8 Å². The van der Waals surface area contributed by atoms with Crippen LogP contribution in [0.25, 0.3) is 0 Å². The first-order valence-electron chi connectivity index (χ1n) is 10.5. The standard InChI is InChI=1S/C21H39NO2/c1-3-5-6-7-8-9-10-11-12-13-14-15-16-18(4-2)19-17-20(23)22-21(19)24/h18-19H,3-17H2,1-2H3,(H,22,23,24). The molecule has 0 bridgehead atoms. The van der Waals surface area contributed by atoms with Crippen molar-refractivity contribution in [1.29, 1.82) is 0 Å². The molecule has 1 aliphatic rings. The monoisotopic (exact) mass is 337 g/mol. The van der Waals surface area contributed by atoms with E-state index in [2.05, 4.69) is 19.2 Å². The van der Waals surface area contributed by atoms with Gasteiger partial charge in [-0.15, -0.1) is 0 Å². The van der Waals surface area contributed by atoms with Crippen molar-refractivity contribution in [1.82, 2.24) is 5.32 Å². The molecule has 0 saturated carbocycles. The number of hydrogen-bond donors (Lipinski definition) is 1. The van der Waals surface area contributed by atoms with Gasteiger partial charge in [0, 0.05) is 12.3 Å². The number of nitrogens with one attached hydrogen (secondary N) is 1. The van der Waals surface area contributed by atoms with Crippen molar-refractivity contribution in [3.8, 4) is 0 Å². The van der Waals surface area contributed by atoms with Crippen molar-refractivity contribution < 1.29 is 9.59 Å². The third-order valence-electron chi connectivity index (χ3n) is 5.53. The largest absolute Gasteiger partial charge is 0.296 e. The molecule has 0 aromatic rings. The van der Waals surface area contributed by atoms with Crippen LogP contribution < -0.4 is 5.32 Å². The van der Waals surface area contributed by atoms with Crippen molar-refractivity contribution in [2.75, 3.05) is 0 Å². The summed E-state index contributed by atoms with van der Waals surface area (Å²) in [7, 11) is 0. The molecular formula is C21H39NO2. The summed E-state index contributed by atoms with van der Waals surface area (Å²) in [5.41, 5.74) is 0. The van der Waals surface area contributed by atoms with Crippen LogP contribution in [0.2, 0.25) is 0 Å².